The van der Waals surface area contributed by atoms with Crippen LogP contribution >= 0.6 is 0 Å². The highest BCUT2D eigenvalue weighted by molar-refractivity contribution is 5.95. The van der Waals surface area contributed by atoms with Crippen LogP contribution in [-0.4, -0.2) is 15.6 Å². The fourth-order valence-electron chi connectivity index (χ4n) is 2.29. The molecule has 0 fully saturated rings. The van der Waals surface area contributed by atoms with E-state index in [1.165, 1.54) is 10.6 Å². The molecule has 0 radical (unpaired) electrons. The van der Waals surface area contributed by atoms with Gasteiger partial charge in [-0.25, -0.2) is 4.79 Å². The van der Waals surface area contributed by atoms with Crippen molar-refractivity contribution in [2.24, 2.45) is 0 Å². The van der Waals surface area contributed by atoms with Gasteiger partial charge in [0.1, 0.15) is 0 Å². The van der Waals surface area contributed by atoms with E-state index in [4.69, 9.17) is 6.42 Å². The van der Waals surface area contributed by atoms with Crippen LogP contribution in [0.1, 0.15) is 35.7 Å². The molecule has 1 aromatic heterocycles. The molecule has 102 valence electrons. The Labute approximate surface area is 116 Å². The summed E-state index contributed by atoms with van der Waals surface area (Å²) in [5.74, 6) is 1.57. The van der Waals surface area contributed by atoms with Crippen molar-refractivity contribution >= 4 is 16.9 Å². The Morgan fingerprint density at radius 2 is 2.10 bits per heavy atom. The topological polar surface area (TPSA) is 59.3 Å². The molecule has 0 bridgehead atoms. The van der Waals surface area contributed by atoms with E-state index in [0.29, 0.717) is 5.39 Å². The molecule has 0 aliphatic rings. The summed E-state index contributed by atoms with van der Waals surface area (Å²) in [6, 6.07) is 6.23. The maximum absolute atomic E-state index is 12.0. The quantitative estimate of drug-likeness (QED) is 0.871. The van der Waals surface area contributed by atoms with Crippen LogP contribution < -0.4 is 5.56 Å². The van der Waals surface area contributed by atoms with Gasteiger partial charge in [0.05, 0.1) is 17.6 Å². The zero-order valence-electron chi connectivity index (χ0n) is 11.4. The number of hydrogen-bond acceptors (Lipinski definition) is 2. The molecule has 1 aromatic carbocycles. The van der Waals surface area contributed by atoms with E-state index in [1.54, 1.807) is 18.2 Å². The first kappa shape index (κ1) is 13.9. The lowest BCUT2D eigenvalue weighted by molar-refractivity contribution is 0.0697. The van der Waals surface area contributed by atoms with Crippen molar-refractivity contribution in [1.29, 1.82) is 0 Å². The summed E-state index contributed by atoms with van der Waals surface area (Å²) in [5.41, 5.74) is 1.57. The van der Waals surface area contributed by atoms with E-state index in [0.717, 1.165) is 11.1 Å². The van der Waals surface area contributed by atoms with E-state index in [-0.39, 0.29) is 23.6 Å². The molecule has 20 heavy (non-hydrogen) atoms. The van der Waals surface area contributed by atoms with Crippen LogP contribution in [-0.2, 0) is 6.54 Å². The van der Waals surface area contributed by atoms with Gasteiger partial charge in [0, 0.05) is 6.07 Å². The van der Waals surface area contributed by atoms with Gasteiger partial charge in [0.25, 0.3) is 5.56 Å². The number of carboxylic acid groups (broad SMARTS) is 1. The highest BCUT2D eigenvalue weighted by Crippen LogP contribution is 2.26. The van der Waals surface area contributed by atoms with Gasteiger partial charge < -0.3 is 5.11 Å². The summed E-state index contributed by atoms with van der Waals surface area (Å²) in [4.78, 5) is 23.2. The van der Waals surface area contributed by atoms with Crippen molar-refractivity contribution < 1.29 is 9.90 Å². The summed E-state index contributed by atoms with van der Waals surface area (Å²) in [6.45, 7) is 4.08. The molecule has 0 amide bonds. The van der Waals surface area contributed by atoms with E-state index < -0.39 is 5.97 Å². The van der Waals surface area contributed by atoms with Crippen molar-refractivity contribution in [1.82, 2.24) is 4.57 Å². The third-order valence-corrected chi connectivity index (χ3v) is 3.23. The lowest BCUT2D eigenvalue weighted by atomic mass is 9.96. The highest BCUT2D eigenvalue weighted by Gasteiger charge is 2.14. The lowest BCUT2D eigenvalue weighted by Gasteiger charge is -2.15. The summed E-state index contributed by atoms with van der Waals surface area (Å²) in [7, 11) is 0. The maximum Gasteiger partial charge on any atom is 0.335 e. The van der Waals surface area contributed by atoms with Crippen molar-refractivity contribution in [3.63, 3.8) is 0 Å². The van der Waals surface area contributed by atoms with E-state index >= 15 is 0 Å². The second-order valence-corrected chi connectivity index (χ2v) is 4.93. The second-order valence-electron chi connectivity index (χ2n) is 4.93. The number of aromatic carboxylic acids is 1. The summed E-state index contributed by atoms with van der Waals surface area (Å²) >= 11 is 0. The predicted octanol–water partition coefficient (Wildman–Crippen LogP) is 2.46. The standard InChI is InChI=1S/C16H15NO3/c1-4-7-17-14(18)6-5-11-8-12(16(19)20)9-13(10(2)3)15(11)17/h1,5-6,8-10H,7H2,2-3H3,(H,19,20). The molecule has 0 saturated heterocycles. The van der Waals surface area contributed by atoms with Crippen LogP contribution in [0.3, 0.4) is 0 Å². The first-order valence-corrected chi connectivity index (χ1v) is 6.30. The van der Waals surface area contributed by atoms with Crippen LogP contribution in [0, 0.1) is 12.3 Å². The lowest BCUT2D eigenvalue weighted by Crippen LogP contribution is -2.20. The SMILES string of the molecule is C#CCn1c(=O)ccc2cc(C(=O)O)cc(C(C)C)c21. The minimum Gasteiger partial charge on any atom is -0.478 e. The number of pyridine rings is 1. The van der Waals surface area contributed by atoms with Gasteiger partial charge in [-0.3, -0.25) is 9.36 Å². The van der Waals surface area contributed by atoms with Gasteiger partial charge in [-0.15, -0.1) is 6.42 Å². The molecule has 0 saturated carbocycles. The monoisotopic (exact) mass is 269 g/mol. The van der Waals surface area contributed by atoms with E-state index in [2.05, 4.69) is 5.92 Å². The molecule has 2 rings (SSSR count). The molecule has 2 aromatic rings. The van der Waals surface area contributed by atoms with Crippen LogP contribution in [0.15, 0.2) is 29.1 Å². The number of benzene rings is 1. The fraction of sp³-hybridized carbons (Fsp3) is 0.250. The Balaban J connectivity index is 2.94. The largest absolute Gasteiger partial charge is 0.478 e. The smallest absolute Gasteiger partial charge is 0.335 e. The molecule has 0 aliphatic heterocycles. The van der Waals surface area contributed by atoms with E-state index in [1.807, 2.05) is 13.8 Å². The number of aromatic nitrogens is 1. The number of terminal acetylenes is 1. The minimum atomic E-state index is -0.983. The Bertz CT molecular complexity index is 779. The predicted molar refractivity (Wildman–Crippen MR) is 78.1 cm³/mol. The van der Waals surface area contributed by atoms with Gasteiger partial charge in [0.2, 0.25) is 0 Å². The van der Waals surface area contributed by atoms with Crippen molar-refractivity contribution in [3.8, 4) is 12.3 Å². The first-order valence-electron chi connectivity index (χ1n) is 6.30. The van der Waals surface area contributed by atoms with Crippen molar-refractivity contribution in [2.45, 2.75) is 26.3 Å². The Morgan fingerprint density at radius 3 is 2.65 bits per heavy atom. The minimum absolute atomic E-state index is 0.0858. The normalized spacial score (nSPS) is 10.7. The van der Waals surface area contributed by atoms with Crippen LogP contribution in [0.2, 0.25) is 0 Å². The number of rotatable bonds is 3. The molecule has 1 N–H and O–H groups in total. The Morgan fingerprint density at radius 1 is 1.40 bits per heavy atom. The van der Waals surface area contributed by atoms with Crippen molar-refractivity contribution in [2.75, 3.05) is 0 Å². The molecular weight excluding hydrogens is 254 g/mol. The number of nitrogens with zero attached hydrogens (tertiary/aromatic N) is 1. The third-order valence-electron chi connectivity index (χ3n) is 3.23. The fourth-order valence-corrected chi connectivity index (χ4v) is 2.29. The third kappa shape index (κ3) is 2.30. The molecule has 1 heterocycles. The summed E-state index contributed by atoms with van der Waals surface area (Å²) in [5, 5.41) is 9.89. The average Bonchev–Trinajstić information content (AvgIpc) is 2.40. The molecule has 0 unspecified atom stereocenters. The van der Waals surface area contributed by atoms with Crippen LogP contribution in [0.25, 0.3) is 10.9 Å². The molecule has 0 spiro atoms. The van der Waals surface area contributed by atoms with Gasteiger partial charge in [-0.1, -0.05) is 19.8 Å². The van der Waals surface area contributed by atoms with Gasteiger partial charge >= 0.3 is 5.97 Å². The molecular formula is C16H15NO3. The van der Waals surface area contributed by atoms with Crippen LogP contribution in [0.5, 0.6) is 0 Å². The number of hydrogen-bond donors (Lipinski definition) is 1. The second kappa shape index (κ2) is 5.22. The first-order chi connectivity index (χ1) is 9.45. The maximum atomic E-state index is 12.0. The number of carboxylic acids is 1. The number of fused-ring (bicyclic) bond motifs is 1. The Hall–Kier alpha value is -2.54. The molecule has 4 nitrogen and oxygen atoms in total. The molecule has 4 heteroatoms. The van der Waals surface area contributed by atoms with Crippen LogP contribution in [0.4, 0.5) is 0 Å². The molecule has 0 atom stereocenters. The zero-order valence-corrected chi connectivity index (χ0v) is 11.4. The number of carbonyl (C=O) groups is 1. The highest BCUT2D eigenvalue weighted by atomic mass is 16.4. The van der Waals surface area contributed by atoms with Gasteiger partial charge in [0.15, 0.2) is 0 Å². The molecule has 0 aliphatic carbocycles. The summed E-state index contributed by atoms with van der Waals surface area (Å²) < 4.78 is 1.51. The van der Waals surface area contributed by atoms with Crippen molar-refractivity contribution in [3.05, 3.63) is 45.7 Å². The Kier molecular flexibility index (Phi) is 3.62. The van der Waals surface area contributed by atoms with E-state index in [9.17, 15) is 14.7 Å². The zero-order chi connectivity index (χ0) is 14.9. The summed E-state index contributed by atoms with van der Waals surface area (Å²) in [6.07, 6.45) is 5.32. The van der Waals surface area contributed by atoms with Gasteiger partial charge in [-0.2, -0.15) is 0 Å². The van der Waals surface area contributed by atoms with Gasteiger partial charge in [-0.05, 0) is 35.1 Å². The average molecular weight is 269 g/mol.